The van der Waals surface area contributed by atoms with Crippen LogP contribution in [-0.2, 0) is 7.05 Å². The van der Waals surface area contributed by atoms with Gasteiger partial charge in [0.1, 0.15) is 5.69 Å². The Hall–Kier alpha value is -3.48. The number of benzene rings is 1. The Bertz CT molecular complexity index is 873. The Kier molecular flexibility index (Phi) is 4.33. The van der Waals surface area contributed by atoms with E-state index in [9.17, 15) is 9.59 Å². The molecule has 3 rings (SSSR count). The van der Waals surface area contributed by atoms with E-state index in [0.29, 0.717) is 22.6 Å². The Balaban J connectivity index is 1.71. The number of imidazole rings is 1. The van der Waals surface area contributed by atoms with Crippen LogP contribution < -0.4 is 10.6 Å². The van der Waals surface area contributed by atoms with Gasteiger partial charge in [-0.25, -0.2) is 4.98 Å². The number of hydrogen-bond donors (Lipinski definition) is 2. The highest BCUT2D eigenvalue weighted by Crippen LogP contribution is 2.17. The van der Waals surface area contributed by atoms with E-state index >= 15 is 0 Å². The molecular weight excluding hydrogens is 306 g/mol. The average molecular weight is 321 g/mol. The summed E-state index contributed by atoms with van der Waals surface area (Å²) in [5.74, 6) is -0.538. The topological polar surface area (TPSA) is 88.9 Å². The number of carbonyl (C=O) groups is 2. The number of pyridine rings is 1. The van der Waals surface area contributed by atoms with Gasteiger partial charge in [-0.3, -0.25) is 14.6 Å². The molecule has 2 amide bonds. The van der Waals surface area contributed by atoms with Gasteiger partial charge in [0, 0.05) is 30.8 Å². The summed E-state index contributed by atoms with van der Waals surface area (Å²) in [6, 6.07) is 10.3. The highest BCUT2D eigenvalue weighted by atomic mass is 16.2. The lowest BCUT2D eigenvalue weighted by Gasteiger charge is -2.09. The van der Waals surface area contributed by atoms with Crippen LogP contribution in [0.3, 0.4) is 0 Å². The molecule has 0 aliphatic heterocycles. The Morgan fingerprint density at radius 2 is 1.71 bits per heavy atom. The van der Waals surface area contributed by atoms with Gasteiger partial charge in [-0.2, -0.15) is 0 Å². The highest BCUT2D eigenvalue weighted by Gasteiger charge is 2.11. The lowest BCUT2D eigenvalue weighted by Crippen LogP contribution is -2.16. The minimum Gasteiger partial charge on any atom is -0.330 e. The molecule has 0 aliphatic carbocycles. The zero-order valence-electron chi connectivity index (χ0n) is 12.9. The SMILES string of the molecule is Cn1cncc1C(=O)Nc1cccc(NC(=O)c2cccnc2)c1. The van der Waals surface area contributed by atoms with Gasteiger partial charge in [0.05, 0.1) is 18.1 Å². The summed E-state index contributed by atoms with van der Waals surface area (Å²) in [6.45, 7) is 0. The fourth-order valence-electron chi connectivity index (χ4n) is 2.15. The molecule has 7 nitrogen and oxygen atoms in total. The van der Waals surface area contributed by atoms with E-state index in [-0.39, 0.29) is 11.8 Å². The number of anilines is 2. The summed E-state index contributed by atoms with van der Waals surface area (Å²) < 4.78 is 1.63. The summed E-state index contributed by atoms with van der Waals surface area (Å²) in [5.41, 5.74) is 2.05. The van der Waals surface area contributed by atoms with Gasteiger partial charge < -0.3 is 15.2 Å². The van der Waals surface area contributed by atoms with Crippen LogP contribution in [0.5, 0.6) is 0 Å². The third-order valence-electron chi connectivity index (χ3n) is 3.35. The monoisotopic (exact) mass is 321 g/mol. The molecule has 1 aromatic carbocycles. The number of aromatic nitrogens is 3. The maximum atomic E-state index is 12.2. The first-order chi connectivity index (χ1) is 11.6. The van der Waals surface area contributed by atoms with Gasteiger partial charge >= 0.3 is 0 Å². The van der Waals surface area contributed by atoms with Gasteiger partial charge in [0.2, 0.25) is 0 Å². The van der Waals surface area contributed by atoms with Crippen LogP contribution >= 0.6 is 0 Å². The summed E-state index contributed by atoms with van der Waals surface area (Å²) in [4.78, 5) is 32.1. The van der Waals surface area contributed by atoms with Crippen molar-refractivity contribution in [3.8, 4) is 0 Å². The van der Waals surface area contributed by atoms with E-state index in [1.54, 1.807) is 60.5 Å². The second-order valence-corrected chi connectivity index (χ2v) is 5.12. The van der Waals surface area contributed by atoms with Crippen molar-refractivity contribution in [2.75, 3.05) is 10.6 Å². The molecular formula is C17H15N5O2. The number of hydrogen-bond acceptors (Lipinski definition) is 4. The molecule has 120 valence electrons. The van der Waals surface area contributed by atoms with E-state index < -0.39 is 0 Å². The number of rotatable bonds is 4. The maximum Gasteiger partial charge on any atom is 0.273 e. The molecule has 0 aliphatic rings. The van der Waals surface area contributed by atoms with Crippen molar-refractivity contribution in [2.24, 2.45) is 7.05 Å². The first kappa shape index (κ1) is 15.4. The second-order valence-electron chi connectivity index (χ2n) is 5.12. The van der Waals surface area contributed by atoms with Crippen molar-refractivity contribution in [2.45, 2.75) is 0 Å². The molecule has 3 aromatic rings. The van der Waals surface area contributed by atoms with Gasteiger partial charge in [0.25, 0.3) is 11.8 Å². The number of amides is 2. The van der Waals surface area contributed by atoms with Gasteiger partial charge in [-0.1, -0.05) is 6.07 Å². The Morgan fingerprint density at radius 3 is 2.33 bits per heavy atom. The predicted octanol–water partition coefficient (Wildman–Crippen LogP) is 2.32. The van der Waals surface area contributed by atoms with Crippen LogP contribution in [0.25, 0.3) is 0 Å². The van der Waals surface area contributed by atoms with Crippen molar-refractivity contribution >= 4 is 23.2 Å². The van der Waals surface area contributed by atoms with Crippen molar-refractivity contribution in [1.29, 1.82) is 0 Å². The predicted molar refractivity (Wildman–Crippen MR) is 89.8 cm³/mol. The fraction of sp³-hybridized carbons (Fsp3) is 0.0588. The Morgan fingerprint density at radius 1 is 0.958 bits per heavy atom. The molecule has 0 saturated carbocycles. The lowest BCUT2D eigenvalue weighted by molar-refractivity contribution is 0.101. The molecule has 0 bridgehead atoms. The molecule has 7 heteroatoms. The first-order valence-corrected chi connectivity index (χ1v) is 7.22. The van der Waals surface area contributed by atoms with E-state index in [2.05, 4.69) is 20.6 Å². The van der Waals surface area contributed by atoms with Gasteiger partial charge in [0.15, 0.2) is 0 Å². The average Bonchev–Trinajstić information content (AvgIpc) is 3.02. The van der Waals surface area contributed by atoms with Crippen LogP contribution in [0.2, 0.25) is 0 Å². The van der Waals surface area contributed by atoms with Gasteiger partial charge in [-0.05, 0) is 30.3 Å². The zero-order chi connectivity index (χ0) is 16.9. The number of aryl methyl sites for hydroxylation is 1. The van der Waals surface area contributed by atoms with E-state index in [1.165, 1.54) is 12.4 Å². The number of carbonyl (C=O) groups excluding carboxylic acids is 2. The number of nitrogens with one attached hydrogen (secondary N) is 2. The van der Waals surface area contributed by atoms with E-state index in [4.69, 9.17) is 0 Å². The maximum absolute atomic E-state index is 12.2. The molecule has 0 saturated heterocycles. The minimum atomic E-state index is -0.272. The standard InChI is InChI=1S/C17H15N5O2/c1-22-11-19-10-15(22)17(24)21-14-6-2-5-13(8-14)20-16(23)12-4-3-7-18-9-12/h2-11H,1H3,(H,20,23)(H,21,24). The van der Waals surface area contributed by atoms with Crippen LogP contribution in [0.4, 0.5) is 11.4 Å². The minimum absolute atomic E-state index is 0.266. The van der Waals surface area contributed by atoms with Crippen LogP contribution in [-0.4, -0.2) is 26.3 Å². The smallest absolute Gasteiger partial charge is 0.273 e. The van der Waals surface area contributed by atoms with Crippen molar-refractivity contribution in [1.82, 2.24) is 14.5 Å². The molecule has 0 radical (unpaired) electrons. The third kappa shape index (κ3) is 3.46. The quantitative estimate of drug-likeness (QED) is 0.772. The Labute approximate surface area is 138 Å². The molecule has 0 unspecified atom stereocenters. The lowest BCUT2D eigenvalue weighted by atomic mass is 10.2. The second kappa shape index (κ2) is 6.74. The molecule has 0 spiro atoms. The van der Waals surface area contributed by atoms with Crippen molar-refractivity contribution in [3.63, 3.8) is 0 Å². The summed E-state index contributed by atoms with van der Waals surface area (Å²) in [6.07, 6.45) is 6.14. The van der Waals surface area contributed by atoms with Crippen LogP contribution in [0, 0.1) is 0 Å². The molecule has 24 heavy (non-hydrogen) atoms. The number of nitrogens with zero attached hydrogens (tertiary/aromatic N) is 3. The third-order valence-corrected chi connectivity index (χ3v) is 3.35. The van der Waals surface area contributed by atoms with Crippen LogP contribution in [0.1, 0.15) is 20.8 Å². The largest absolute Gasteiger partial charge is 0.330 e. The summed E-state index contributed by atoms with van der Waals surface area (Å²) in [7, 11) is 1.74. The molecule has 0 fully saturated rings. The molecule has 0 atom stereocenters. The normalized spacial score (nSPS) is 10.2. The van der Waals surface area contributed by atoms with Gasteiger partial charge in [-0.15, -0.1) is 0 Å². The first-order valence-electron chi connectivity index (χ1n) is 7.22. The molecule has 2 N–H and O–H groups in total. The van der Waals surface area contributed by atoms with E-state index in [1.807, 2.05) is 0 Å². The van der Waals surface area contributed by atoms with E-state index in [0.717, 1.165) is 0 Å². The molecule has 2 aromatic heterocycles. The van der Waals surface area contributed by atoms with Crippen molar-refractivity contribution in [3.05, 3.63) is 72.6 Å². The zero-order valence-corrected chi connectivity index (χ0v) is 12.9. The van der Waals surface area contributed by atoms with Crippen LogP contribution in [0.15, 0.2) is 61.3 Å². The molecule has 2 heterocycles. The summed E-state index contributed by atoms with van der Waals surface area (Å²) in [5, 5.41) is 5.55. The van der Waals surface area contributed by atoms with Crippen molar-refractivity contribution < 1.29 is 9.59 Å². The fourth-order valence-corrected chi connectivity index (χ4v) is 2.15. The highest BCUT2D eigenvalue weighted by molar-refractivity contribution is 6.05. The summed E-state index contributed by atoms with van der Waals surface area (Å²) >= 11 is 0.